The summed E-state index contributed by atoms with van der Waals surface area (Å²) < 4.78 is 22.1. The van der Waals surface area contributed by atoms with Crippen LogP contribution in [-0.2, 0) is 28.5 Å². The van der Waals surface area contributed by atoms with Gasteiger partial charge in [0, 0.05) is 12.8 Å². The molecule has 2 unspecified atom stereocenters. The van der Waals surface area contributed by atoms with E-state index < -0.39 is 49.4 Å². The second kappa shape index (κ2) is 37.7. The van der Waals surface area contributed by atoms with Crippen LogP contribution in [0.5, 0.6) is 0 Å². The van der Waals surface area contributed by atoms with Crippen molar-refractivity contribution < 1.29 is 49.0 Å². The third-order valence-corrected chi connectivity index (χ3v) is 9.92. The molecule has 10 heteroatoms. The van der Waals surface area contributed by atoms with Crippen molar-refractivity contribution in [1.29, 1.82) is 0 Å². The Labute approximate surface area is 345 Å². The van der Waals surface area contributed by atoms with Gasteiger partial charge in [0.1, 0.15) is 31.0 Å². The van der Waals surface area contributed by atoms with Gasteiger partial charge in [0.2, 0.25) is 0 Å². The molecule has 4 N–H and O–H groups in total. The minimum Gasteiger partial charge on any atom is -0.462 e. The first kappa shape index (κ1) is 52.4. The third-order valence-electron chi connectivity index (χ3n) is 9.92. The summed E-state index contributed by atoms with van der Waals surface area (Å²) in [6.07, 6.45) is 37.9. The molecule has 0 saturated carbocycles. The molecule has 0 radical (unpaired) electrons. The Bertz CT molecular complexity index is 1110. The maximum Gasteiger partial charge on any atom is 0.306 e. The predicted molar refractivity (Wildman–Crippen MR) is 228 cm³/mol. The van der Waals surface area contributed by atoms with Crippen LogP contribution in [0, 0.1) is 0 Å². The number of carbonyl (C=O) groups is 2. The van der Waals surface area contributed by atoms with Crippen LogP contribution >= 0.6 is 0 Å². The molecule has 0 spiro atoms. The van der Waals surface area contributed by atoms with Gasteiger partial charge in [-0.25, -0.2) is 0 Å². The number of hydrogen-bond donors (Lipinski definition) is 4. The van der Waals surface area contributed by atoms with Crippen LogP contribution in [0.15, 0.2) is 60.8 Å². The highest BCUT2D eigenvalue weighted by atomic mass is 16.7. The van der Waals surface area contributed by atoms with Crippen LogP contribution in [0.25, 0.3) is 0 Å². The first-order valence-electron chi connectivity index (χ1n) is 22.4. The fourth-order valence-corrected chi connectivity index (χ4v) is 6.39. The van der Waals surface area contributed by atoms with Gasteiger partial charge in [-0.2, -0.15) is 0 Å². The van der Waals surface area contributed by atoms with Crippen molar-refractivity contribution in [3.8, 4) is 0 Å². The van der Waals surface area contributed by atoms with Gasteiger partial charge in [-0.1, -0.05) is 158 Å². The van der Waals surface area contributed by atoms with Crippen molar-refractivity contribution in [3.63, 3.8) is 0 Å². The van der Waals surface area contributed by atoms with E-state index >= 15 is 0 Å². The van der Waals surface area contributed by atoms with E-state index in [4.69, 9.17) is 18.9 Å². The molecular formula is C47H80O10. The molecule has 10 nitrogen and oxygen atoms in total. The van der Waals surface area contributed by atoms with Crippen LogP contribution in [0.2, 0.25) is 0 Å². The van der Waals surface area contributed by atoms with Gasteiger partial charge >= 0.3 is 11.9 Å². The fraction of sp³-hybridized carbons (Fsp3) is 0.745. The number of aliphatic hydroxyl groups is 4. The van der Waals surface area contributed by atoms with Gasteiger partial charge in [-0.05, 0) is 57.8 Å². The van der Waals surface area contributed by atoms with Crippen LogP contribution < -0.4 is 0 Å². The number of unbranched alkanes of at least 4 members (excludes halogenated alkanes) is 15. The summed E-state index contributed by atoms with van der Waals surface area (Å²) >= 11 is 0. The van der Waals surface area contributed by atoms with E-state index in [0.29, 0.717) is 6.42 Å². The number of aliphatic hydroxyl groups excluding tert-OH is 4. The number of esters is 2. The SMILES string of the molecule is CC/C=C/C/C=C/C/C=C/C/C=C/C/C=C/CCCCCC(=O)O[C@H](COC(=O)CCCCCCCCCCCCCCC)CO[C@@H]1O[C@H](CO)[C@H](O)C(O)C1O. The molecule has 0 aromatic carbocycles. The minimum atomic E-state index is -1.60. The first-order chi connectivity index (χ1) is 27.8. The molecule has 0 aromatic heterocycles. The maximum atomic E-state index is 12.8. The van der Waals surface area contributed by atoms with Crippen molar-refractivity contribution in [2.75, 3.05) is 19.8 Å². The van der Waals surface area contributed by atoms with E-state index in [2.05, 4.69) is 74.6 Å². The van der Waals surface area contributed by atoms with E-state index in [1.165, 1.54) is 64.2 Å². The summed E-state index contributed by atoms with van der Waals surface area (Å²) in [4.78, 5) is 25.3. The van der Waals surface area contributed by atoms with E-state index in [-0.39, 0.29) is 32.0 Å². The highest BCUT2D eigenvalue weighted by molar-refractivity contribution is 5.70. The summed E-state index contributed by atoms with van der Waals surface area (Å²) in [7, 11) is 0. The zero-order valence-corrected chi connectivity index (χ0v) is 35.6. The maximum absolute atomic E-state index is 12.8. The van der Waals surface area contributed by atoms with Crippen molar-refractivity contribution in [2.24, 2.45) is 0 Å². The lowest BCUT2D eigenvalue weighted by Crippen LogP contribution is -2.59. The average molecular weight is 805 g/mol. The van der Waals surface area contributed by atoms with Crippen LogP contribution in [0.1, 0.15) is 168 Å². The van der Waals surface area contributed by atoms with E-state index in [1.807, 2.05) is 0 Å². The van der Waals surface area contributed by atoms with E-state index in [1.54, 1.807) is 0 Å². The smallest absolute Gasteiger partial charge is 0.306 e. The Morgan fingerprint density at radius 3 is 1.56 bits per heavy atom. The molecule has 6 atom stereocenters. The Balaban J connectivity index is 2.37. The molecule has 57 heavy (non-hydrogen) atoms. The number of allylic oxidation sites excluding steroid dienone is 10. The standard InChI is InChI=1S/C47H80O10/c1-3-5-7-9-11-13-15-17-18-19-20-21-22-24-26-28-30-32-34-36-43(50)56-40(39-55-47-46(53)45(52)44(51)41(37-48)57-47)38-54-42(49)35-33-31-29-27-25-23-16-14-12-10-8-6-4-2/h5,7,11,13,17-18,20-21,24,26,40-41,44-48,51-53H,3-4,6,8-10,12,14-16,19,22-23,25,27-39H2,1-2H3/b7-5+,13-11+,18-17+,21-20+,26-24+/t40-,41-,44+,45?,46?,47-/m1/s1. The van der Waals surface area contributed by atoms with Crippen LogP contribution in [0.4, 0.5) is 0 Å². The molecule has 0 bridgehead atoms. The number of hydrogen-bond acceptors (Lipinski definition) is 10. The highest BCUT2D eigenvalue weighted by Crippen LogP contribution is 2.22. The number of rotatable bonds is 36. The molecule has 0 amide bonds. The minimum absolute atomic E-state index is 0.190. The highest BCUT2D eigenvalue weighted by Gasteiger charge is 2.44. The van der Waals surface area contributed by atoms with Gasteiger partial charge in [-0.3, -0.25) is 9.59 Å². The topological polar surface area (TPSA) is 152 Å². The first-order valence-corrected chi connectivity index (χ1v) is 22.4. The van der Waals surface area contributed by atoms with Crippen molar-refractivity contribution in [1.82, 2.24) is 0 Å². The Morgan fingerprint density at radius 1 is 0.561 bits per heavy atom. The average Bonchev–Trinajstić information content (AvgIpc) is 3.21. The Morgan fingerprint density at radius 2 is 1.04 bits per heavy atom. The molecular weight excluding hydrogens is 725 g/mol. The van der Waals surface area contributed by atoms with E-state index in [9.17, 15) is 30.0 Å². The fourth-order valence-electron chi connectivity index (χ4n) is 6.39. The van der Waals surface area contributed by atoms with Crippen molar-refractivity contribution in [2.45, 2.75) is 205 Å². The lowest BCUT2D eigenvalue weighted by Gasteiger charge is -2.39. The Kier molecular flexibility index (Phi) is 34.6. The molecule has 0 aliphatic carbocycles. The second-order valence-corrected chi connectivity index (χ2v) is 15.1. The molecule has 1 rings (SSSR count). The molecule has 1 aliphatic rings. The number of carbonyl (C=O) groups excluding carboxylic acids is 2. The molecule has 328 valence electrons. The summed E-state index contributed by atoms with van der Waals surface area (Å²) in [5.74, 6) is -0.846. The largest absolute Gasteiger partial charge is 0.462 e. The summed E-state index contributed by atoms with van der Waals surface area (Å²) in [6, 6.07) is 0. The van der Waals surface area contributed by atoms with Gasteiger partial charge in [-0.15, -0.1) is 0 Å². The zero-order chi connectivity index (χ0) is 41.6. The van der Waals surface area contributed by atoms with Crippen LogP contribution in [-0.4, -0.2) is 89.0 Å². The molecule has 1 aliphatic heterocycles. The van der Waals surface area contributed by atoms with Gasteiger partial charge in [0.25, 0.3) is 0 Å². The number of ether oxygens (including phenoxy) is 4. The van der Waals surface area contributed by atoms with E-state index in [0.717, 1.165) is 70.6 Å². The van der Waals surface area contributed by atoms with Crippen molar-refractivity contribution >= 4 is 11.9 Å². The normalized spacial score (nSPS) is 20.8. The van der Waals surface area contributed by atoms with Gasteiger partial charge < -0.3 is 39.4 Å². The molecule has 1 heterocycles. The second-order valence-electron chi connectivity index (χ2n) is 15.1. The summed E-state index contributed by atoms with van der Waals surface area (Å²) in [5.41, 5.74) is 0. The lowest BCUT2D eigenvalue weighted by molar-refractivity contribution is -0.305. The van der Waals surface area contributed by atoms with Gasteiger partial charge in [0.15, 0.2) is 12.4 Å². The lowest BCUT2D eigenvalue weighted by atomic mass is 9.99. The van der Waals surface area contributed by atoms with Crippen LogP contribution in [0.3, 0.4) is 0 Å². The molecule has 1 saturated heterocycles. The monoisotopic (exact) mass is 805 g/mol. The molecule has 0 aromatic rings. The zero-order valence-electron chi connectivity index (χ0n) is 35.6. The quantitative estimate of drug-likeness (QED) is 0.0274. The summed E-state index contributed by atoms with van der Waals surface area (Å²) in [5, 5.41) is 40.1. The molecule has 1 fully saturated rings. The van der Waals surface area contributed by atoms with Gasteiger partial charge in [0.05, 0.1) is 13.2 Å². The third kappa shape index (κ3) is 29.3. The predicted octanol–water partition coefficient (Wildman–Crippen LogP) is 9.44. The Hall–Kier alpha value is -2.60. The van der Waals surface area contributed by atoms with Crippen molar-refractivity contribution in [3.05, 3.63) is 60.8 Å². The summed E-state index contributed by atoms with van der Waals surface area (Å²) in [6.45, 7) is 3.27.